The third-order valence-corrected chi connectivity index (χ3v) is 7.45. The molecule has 4 nitrogen and oxygen atoms in total. The normalized spacial score (nSPS) is 11.5. The van der Waals surface area contributed by atoms with Crippen LogP contribution in [0.3, 0.4) is 0 Å². The van der Waals surface area contributed by atoms with Crippen LogP contribution in [0.2, 0.25) is 0 Å². The Hall–Kier alpha value is -1.06. The molecule has 0 atom stereocenters. The van der Waals surface area contributed by atoms with Gasteiger partial charge in [0.25, 0.3) is 0 Å². The van der Waals surface area contributed by atoms with Crippen molar-refractivity contribution < 1.29 is 19.1 Å². The Morgan fingerprint density at radius 1 is 0.429 bits per heavy atom. The van der Waals surface area contributed by atoms with Gasteiger partial charge in [-0.2, -0.15) is 0 Å². The van der Waals surface area contributed by atoms with E-state index >= 15 is 0 Å². The summed E-state index contributed by atoms with van der Waals surface area (Å²) in [5.41, 5.74) is -1.14. The lowest BCUT2D eigenvalue weighted by atomic mass is 9.82. The molecule has 0 saturated heterocycles. The van der Waals surface area contributed by atoms with Crippen LogP contribution in [0.4, 0.5) is 0 Å². The molecule has 0 aliphatic carbocycles. The highest BCUT2D eigenvalue weighted by atomic mass is 16.6. The molecular weight excluding hydrogens is 436 g/mol. The molecule has 0 rings (SSSR count). The Kier molecular flexibility index (Phi) is 23.9. The minimum absolute atomic E-state index is 0.397. The van der Waals surface area contributed by atoms with E-state index in [-0.39, 0.29) is 0 Å². The average molecular weight is 497 g/mol. The van der Waals surface area contributed by atoms with Gasteiger partial charge < -0.3 is 9.47 Å². The largest absolute Gasteiger partial charge is 0.465 e. The van der Waals surface area contributed by atoms with E-state index in [0.717, 1.165) is 25.7 Å². The molecule has 0 amide bonds. The lowest BCUT2D eigenvalue weighted by molar-refractivity contribution is -0.173. The monoisotopic (exact) mass is 496 g/mol. The van der Waals surface area contributed by atoms with Crippen molar-refractivity contribution in [2.45, 2.75) is 169 Å². The lowest BCUT2D eigenvalue weighted by Crippen LogP contribution is -2.41. The Labute approximate surface area is 218 Å². The Balaban J connectivity index is 3.90. The number of esters is 2. The number of hydrogen-bond acceptors (Lipinski definition) is 4. The topological polar surface area (TPSA) is 52.6 Å². The smallest absolute Gasteiger partial charge is 0.323 e. The summed E-state index contributed by atoms with van der Waals surface area (Å²) in [5, 5.41) is 0. The fraction of sp³-hybridized carbons (Fsp3) is 0.935. The Bertz CT molecular complexity index is 484. The summed E-state index contributed by atoms with van der Waals surface area (Å²) in [6, 6.07) is 0. The molecule has 0 bridgehead atoms. The van der Waals surface area contributed by atoms with Crippen LogP contribution in [-0.4, -0.2) is 25.2 Å². The van der Waals surface area contributed by atoms with Crippen LogP contribution >= 0.6 is 0 Å². The van der Waals surface area contributed by atoms with E-state index in [1.807, 2.05) is 13.8 Å². The second-order valence-electron chi connectivity index (χ2n) is 10.4. The quantitative estimate of drug-likeness (QED) is 0.0679. The van der Waals surface area contributed by atoms with Gasteiger partial charge in [0.05, 0.1) is 13.2 Å². The van der Waals surface area contributed by atoms with Crippen LogP contribution < -0.4 is 0 Å². The molecule has 0 spiro atoms. The fourth-order valence-electron chi connectivity index (χ4n) is 4.70. The number of carbonyl (C=O) groups is 2. The van der Waals surface area contributed by atoms with E-state index in [4.69, 9.17) is 9.47 Å². The molecule has 0 N–H and O–H groups in total. The second kappa shape index (κ2) is 24.6. The molecule has 35 heavy (non-hydrogen) atoms. The first-order valence-electron chi connectivity index (χ1n) is 15.4. The lowest BCUT2D eigenvalue weighted by Gasteiger charge is -2.27. The Morgan fingerprint density at radius 3 is 0.943 bits per heavy atom. The zero-order valence-corrected chi connectivity index (χ0v) is 24.1. The minimum atomic E-state index is -1.14. The maximum Gasteiger partial charge on any atom is 0.323 e. The van der Waals surface area contributed by atoms with E-state index in [1.54, 1.807) is 0 Å². The first-order chi connectivity index (χ1) is 17.1. The van der Waals surface area contributed by atoms with Crippen molar-refractivity contribution in [3.8, 4) is 0 Å². The summed E-state index contributed by atoms with van der Waals surface area (Å²) >= 11 is 0. The molecule has 0 heterocycles. The number of rotatable bonds is 26. The van der Waals surface area contributed by atoms with Crippen LogP contribution in [0.5, 0.6) is 0 Å². The van der Waals surface area contributed by atoms with Gasteiger partial charge in [0, 0.05) is 0 Å². The van der Waals surface area contributed by atoms with Gasteiger partial charge in [-0.15, -0.1) is 0 Å². The van der Waals surface area contributed by atoms with E-state index in [1.165, 1.54) is 103 Å². The number of unbranched alkanes of at least 4 members (excludes halogenated alkanes) is 18. The molecule has 0 aromatic rings. The highest BCUT2D eigenvalue weighted by Crippen LogP contribution is 2.30. The van der Waals surface area contributed by atoms with Crippen molar-refractivity contribution in [1.82, 2.24) is 0 Å². The molecule has 208 valence electrons. The summed E-state index contributed by atoms with van der Waals surface area (Å²) in [6.45, 7) is 9.06. The Morgan fingerprint density at radius 2 is 0.686 bits per heavy atom. The molecule has 0 aliphatic rings. The molecule has 0 radical (unpaired) electrons. The molecule has 0 aromatic heterocycles. The van der Waals surface area contributed by atoms with Gasteiger partial charge >= 0.3 is 11.9 Å². The van der Waals surface area contributed by atoms with Gasteiger partial charge in [-0.1, -0.05) is 143 Å². The third kappa shape index (κ3) is 17.1. The van der Waals surface area contributed by atoms with Crippen molar-refractivity contribution in [3.63, 3.8) is 0 Å². The van der Waals surface area contributed by atoms with E-state index in [2.05, 4.69) is 13.8 Å². The van der Waals surface area contributed by atoms with Gasteiger partial charge in [0.1, 0.15) is 0 Å². The van der Waals surface area contributed by atoms with E-state index < -0.39 is 17.4 Å². The highest BCUT2D eigenvalue weighted by Gasteiger charge is 2.45. The van der Waals surface area contributed by atoms with E-state index in [9.17, 15) is 9.59 Å². The molecule has 0 unspecified atom stereocenters. The number of ether oxygens (including phenoxy) is 2. The molecule has 0 aliphatic heterocycles. The van der Waals surface area contributed by atoms with Gasteiger partial charge in [-0.25, -0.2) is 0 Å². The SMILES string of the molecule is CCCCCCCCCCCCCCCOC(=O)C(CC)(CC)C(=O)OCCCCCCCCC. The van der Waals surface area contributed by atoms with Crippen molar-refractivity contribution in [1.29, 1.82) is 0 Å². The van der Waals surface area contributed by atoms with Crippen molar-refractivity contribution in [2.75, 3.05) is 13.2 Å². The fourth-order valence-corrected chi connectivity index (χ4v) is 4.70. The predicted molar refractivity (Wildman–Crippen MR) is 149 cm³/mol. The maximum atomic E-state index is 12.8. The average Bonchev–Trinajstić information content (AvgIpc) is 2.87. The van der Waals surface area contributed by atoms with Gasteiger partial charge in [0.15, 0.2) is 5.41 Å². The van der Waals surface area contributed by atoms with Gasteiger partial charge in [-0.05, 0) is 25.7 Å². The summed E-state index contributed by atoms with van der Waals surface area (Å²) in [7, 11) is 0. The minimum Gasteiger partial charge on any atom is -0.465 e. The van der Waals surface area contributed by atoms with Crippen LogP contribution in [-0.2, 0) is 19.1 Å². The van der Waals surface area contributed by atoms with Gasteiger partial charge in [0.2, 0.25) is 0 Å². The standard InChI is InChI=1S/C31H60O4/c1-5-9-11-13-15-16-17-18-19-20-22-24-26-28-35-30(33)31(7-3,8-4)29(32)34-27-25-23-21-14-12-10-6-2/h5-28H2,1-4H3. The van der Waals surface area contributed by atoms with Gasteiger partial charge in [-0.3, -0.25) is 9.59 Å². The van der Waals surface area contributed by atoms with Crippen molar-refractivity contribution >= 4 is 11.9 Å². The molecule has 0 saturated carbocycles. The van der Waals surface area contributed by atoms with Crippen LogP contribution in [0.15, 0.2) is 0 Å². The number of carbonyl (C=O) groups excluding carboxylic acids is 2. The first kappa shape index (κ1) is 33.9. The zero-order chi connectivity index (χ0) is 26.0. The molecule has 0 fully saturated rings. The van der Waals surface area contributed by atoms with E-state index in [0.29, 0.717) is 26.1 Å². The van der Waals surface area contributed by atoms with Crippen LogP contribution in [0.1, 0.15) is 169 Å². The maximum absolute atomic E-state index is 12.8. The van der Waals surface area contributed by atoms with Crippen molar-refractivity contribution in [2.24, 2.45) is 5.41 Å². The summed E-state index contributed by atoms with van der Waals surface area (Å²) in [6.07, 6.45) is 25.8. The second-order valence-corrected chi connectivity index (χ2v) is 10.4. The number of hydrogen-bond donors (Lipinski definition) is 0. The van der Waals surface area contributed by atoms with Crippen molar-refractivity contribution in [3.05, 3.63) is 0 Å². The highest BCUT2D eigenvalue weighted by molar-refractivity contribution is 5.99. The zero-order valence-electron chi connectivity index (χ0n) is 24.1. The molecular formula is C31H60O4. The first-order valence-corrected chi connectivity index (χ1v) is 15.4. The summed E-state index contributed by atoms with van der Waals surface area (Å²) < 4.78 is 11.1. The van der Waals surface area contributed by atoms with Crippen LogP contribution in [0, 0.1) is 5.41 Å². The molecule has 4 heteroatoms. The molecule has 0 aromatic carbocycles. The van der Waals surface area contributed by atoms with Crippen LogP contribution in [0.25, 0.3) is 0 Å². The summed E-state index contributed by atoms with van der Waals surface area (Å²) in [4.78, 5) is 25.6. The predicted octanol–water partition coefficient (Wildman–Crippen LogP) is 9.72. The summed E-state index contributed by atoms with van der Waals surface area (Å²) in [5.74, 6) is -0.796. The third-order valence-electron chi connectivity index (χ3n) is 7.45.